The van der Waals surface area contributed by atoms with E-state index in [1.165, 1.54) is 11.2 Å². The Hall–Kier alpha value is -2.44. The Morgan fingerprint density at radius 3 is 2.96 bits per heavy atom. The van der Waals surface area contributed by atoms with E-state index in [1.54, 1.807) is 16.0 Å². The maximum atomic E-state index is 13.1. The first-order valence-corrected chi connectivity index (χ1v) is 9.68. The summed E-state index contributed by atoms with van der Waals surface area (Å²) in [4.78, 5) is 18.7. The normalized spacial score (nSPS) is 22.0. The zero-order valence-corrected chi connectivity index (χ0v) is 15.3. The molecule has 0 saturated carbocycles. The van der Waals surface area contributed by atoms with Gasteiger partial charge in [0.1, 0.15) is 12.4 Å². The van der Waals surface area contributed by atoms with Gasteiger partial charge in [-0.15, -0.1) is 11.3 Å². The number of halogens is 1. The molecule has 2 aliphatic rings. The minimum Gasteiger partial charge on any atom is -0.328 e. The van der Waals surface area contributed by atoms with Gasteiger partial charge in [-0.25, -0.2) is 4.68 Å². The van der Waals surface area contributed by atoms with E-state index in [-0.39, 0.29) is 17.7 Å². The minimum absolute atomic E-state index is 0.156. The SMILES string of the molecule is O=C1C[C@H](c2cccs2)CC2=C1[C@@H](c1cccc(Cl)c1)n1ncnc1N2. The van der Waals surface area contributed by atoms with Gasteiger partial charge in [-0.3, -0.25) is 4.79 Å². The number of allylic oxidation sites excluding steroid dienone is 2. The summed E-state index contributed by atoms with van der Waals surface area (Å²) in [6.07, 6.45) is 2.83. The number of hydrogen-bond donors (Lipinski definition) is 1. The molecule has 2 atom stereocenters. The first-order chi connectivity index (χ1) is 12.7. The van der Waals surface area contributed by atoms with Crippen molar-refractivity contribution in [3.63, 3.8) is 0 Å². The number of nitrogens with one attached hydrogen (secondary N) is 1. The van der Waals surface area contributed by atoms with Crippen LogP contribution in [0.1, 0.15) is 35.2 Å². The number of carbonyl (C=O) groups is 1. The number of anilines is 1. The van der Waals surface area contributed by atoms with Gasteiger partial charge in [0, 0.05) is 33.5 Å². The molecule has 130 valence electrons. The van der Waals surface area contributed by atoms with Gasteiger partial charge in [0.05, 0.1) is 0 Å². The molecule has 2 aromatic heterocycles. The summed E-state index contributed by atoms with van der Waals surface area (Å²) in [5, 5.41) is 10.4. The molecular formula is C19H15ClN4OS. The molecule has 3 aromatic rings. The molecule has 5 rings (SSSR count). The van der Waals surface area contributed by atoms with Crippen LogP contribution < -0.4 is 5.32 Å². The largest absolute Gasteiger partial charge is 0.328 e. The van der Waals surface area contributed by atoms with Gasteiger partial charge in [0.2, 0.25) is 5.95 Å². The minimum atomic E-state index is -0.292. The van der Waals surface area contributed by atoms with E-state index in [2.05, 4.69) is 26.8 Å². The van der Waals surface area contributed by atoms with Crippen LogP contribution >= 0.6 is 22.9 Å². The zero-order valence-electron chi connectivity index (χ0n) is 13.7. The zero-order chi connectivity index (χ0) is 17.7. The number of thiophene rings is 1. The maximum Gasteiger partial charge on any atom is 0.226 e. The summed E-state index contributed by atoms with van der Waals surface area (Å²) in [5.74, 6) is 1.03. The van der Waals surface area contributed by atoms with Crippen molar-refractivity contribution in [2.75, 3.05) is 5.32 Å². The smallest absolute Gasteiger partial charge is 0.226 e. The molecule has 1 aromatic carbocycles. The number of carbonyl (C=O) groups excluding carboxylic acids is 1. The predicted octanol–water partition coefficient (Wildman–Crippen LogP) is 4.41. The number of nitrogens with zero attached hydrogens (tertiary/aromatic N) is 3. The van der Waals surface area contributed by atoms with Crippen molar-refractivity contribution in [2.45, 2.75) is 24.8 Å². The highest BCUT2D eigenvalue weighted by molar-refractivity contribution is 7.10. The molecule has 0 unspecified atom stereocenters. The number of rotatable bonds is 2. The van der Waals surface area contributed by atoms with Crippen molar-refractivity contribution in [1.29, 1.82) is 0 Å². The van der Waals surface area contributed by atoms with Crippen molar-refractivity contribution in [1.82, 2.24) is 14.8 Å². The van der Waals surface area contributed by atoms with E-state index < -0.39 is 0 Å². The Bertz CT molecular complexity index is 1020. The van der Waals surface area contributed by atoms with Crippen LogP contribution in [0.15, 0.2) is 59.4 Å². The summed E-state index contributed by atoms with van der Waals surface area (Å²) < 4.78 is 1.77. The lowest BCUT2D eigenvalue weighted by atomic mass is 9.80. The second-order valence-corrected chi connectivity index (χ2v) is 7.96. The highest BCUT2D eigenvalue weighted by Crippen LogP contribution is 2.44. The summed E-state index contributed by atoms with van der Waals surface area (Å²) in [7, 11) is 0. The van der Waals surface area contributed by atoms with Crippen LogP contribution in [0.3, 0.4) is 0 Å². The monoisotopic (exact) mass is 382 g/mol. The van der Waals surface area contributed by atoms with Crippen LogP contribution in [0.4, 0.5) is 5.95 Å². The van der Waals surface area contributed by atoms with Crippen LogP contribution in [-0.4, -0.2) is 20.5 Å². The Labute approximate surface area is 159 Å². The van der Waals surface area contributed by atoms with Crippen LogP contribution in [0, 0.1) is 0 Å². The third-order valence-electron chi connectivity index (χ3n) is 4.97. The van der Waals surface area contributed by atoms with E-state index in [4.69, 9.17) is 11.6 Å². The van der Waals surface area contributed by atoms with Crippen LogP contribution in [0.5, 0.6) is 0 Å². The van der Waals surface area contributed by atoms with Gasteiger partial charge in [0.25, 0.3) is 0 Å². The second kappa shape index (κ2) is 6.07. The number of aromatic nitrogens is 3. The molecule has 0 radical (unpaired) electrons. The molecular weight excluding hydrogens is 368 g/mol. The number of benzene rings is 1. The fourth-order valence-corrected chi connectivity index (χ4v) is 4.89. The first-order valence-electron chi connectivity index (χ1n) is 8.42. The van der Waals surface area contributed by atoms with Crippen molar-refractivity contribution in [2.24, 2.45) is 0 Å². The standard InChI is InChI=1S/C19H15ClN4OS/c20-13-4-1-3-11(7-13)18-17-14(23-19-21-10-22-24(18)19)8-12(9-15(17)25)16-5-2-6-26-16/h1-7,10,12,18H,8-9H2,(H,21,22,23)/t12-,18-/m1/s1. The average molecular weight is 383 g/mol. The molecule has 0 bridgehead atoms. The first kappa shape index (κ1) is 15.8. The molecule has 0 amide bonds. The quantitative estimate of drug-likeness (QED) is 0.713. The van der Waals surface area contributed by atoms with Crippen molar-refractivity contribution >= 4 is 34.7 Å². The molecule has 0 saturated heterocycles. The lowest BCUT2D eigenvalue weighted by Gasteiger charge is -2.34. The Balaban J connectivity index is 1.63. The Morgan fingerprint density at radius 2 is 2.15 bits per heavy atom. The van der Waals surface area contributed by atoms with E-state index in [9.17, 15) is 4.79 Å². The van der Waals surface area contributed by atoms with Gasteiger partial charge in [-0.2, -0.15) is 10.1 Å². The van der Waals surface area contributed by atoms with Crippen molar-refractivity contribution in [3.8, 4) is 0 Å². The summed E-state index contributed by atoms with van der Waals surface area (Å²) in [5.41, 5.74) is 2.67. The van der Waals surface area contributed by atoms with Crippen molar-refractivity contribution in [3.05, 3.63) is 74.8 Å². The highest BCUT2D eigenvalue weighted by atomic mass is 35.5. The fraction of sp³-hybridized carbons (Fsp3) is 0.211. The number of Topliss-reactive ketones (excluding diaryl/α,β-unsaturated/α-hetero) is 1. The maximum absolute atomic E-state index is 13.1. The van der Waals surface area contributed by atoms with Gasteiger partial charge >= 0.3 is 0 Å². The number of fused-ring (bicyclic) bond motifs is 1. The van der Waals surface area contributed by atoms with Gasteiger partial charge < -0.3 is 5.32 Å². The van der Waals surface area contributed by atoms with Crippen LogP contribution in [0.25, 0.3) is 0 Å². The Kier molecular flexibility index (Phi) is 3.69. The second-order valence-electron chi connectivity index (χ2n) is 6.55. The van der Waals surface area contributed by atoms with E-state index in [0.29, 0.717) is 17.4 Å². The Morgan fingerprint density at radius 1 is 1.23 bits per heavy atom. The summed E-state index contributed by atoms with van der Waals surface area (Å²) in [6.45, 7) is 0. The average Bonchev–Trinajstić information content (AvgIpc) is 3.31. The van der Waals surface area contributed by atoms with Crippen LogP contribution in [0.2, 0.25) is 5.02 Å². The summed E-state index contributed by atoms with van der Waals surface area (Å²) in [6, 6.07) is 11.5. The molecule has 0 spiro atoms. The topological polar surface area (TPSA) is 59.8 Å². The highest BCUT2D eigenvalue weighted by Gasteiger charge is 2.39. The van der Waals surface area contributed by atoms with Gasteiger partial charge in [0.15, 0.2) is 5.78 Å². The fourth-order valence-electron chi connectivity index (χ4n) is 3.86. The van der Waals surface area contributed by atoms with Crippen molar-refractivity contribution < 1.29 is 4.79 Å². The molecule has 1 aliphatic heterocycles. The van der Waals surface area contributed by atoms with E-state index in [0.717, 1.165) is 23.3 Å². The molecule has 26 heavy (non-hydrogen) atoms. The molecule has 7 heteroatoms. The molecule has 5 nitrogen and oxygen atoms in total. The molecule has 0 fully saturated rings. The third-order valence-corrected chi connectivity index (χ3v) is 6.24. The lowest BCUT2D eigenvalue weighted by molar-refractivity contribution is -0.116. The van der Waals surface area contributed by atoms with Gasteiger partial charge in [-0.1, -0.05) is 29.8 Å². The molecule has 1 aliphatic carbocycles. The third kappa shape index (κ3) is 2.48. The predicted molar refractivity (Wildman–Crippen MR) is 102 cm³/mol. The van der Waals surface area contributed by atoms with Crippen LogP contribution in [-0.2, 0) is 4.79 Å². The van der Waals surface area contributed by atoms with E-state index in [1.807, 2.05) is 30.3 Å². The lowest BCUT2D eigenvalue weighted by Crippen LogP contribution is -2.33. The van der Waals surface area contributed by atoms with E-state index >= 15 is 0 Å². The number of ketones is 1. The molecule has 3 heterocycles. The summed E-state index contributed by atoms with van der Waals surface area (Å²) >= 11 is 7.91. The number of hydrogen-bond acceptors (Lipinski definition) is 5. The molecule has 1 N–H and O–H groups in total. The van der Waals surface area contributed by atoms with Gasteiger partial charge in [-0.05, 0) is 35.6 Å².